The number of hydrogen-bond acceptors (Lipinski definition) is 5. The molecule has 1 aromatic heterocycles. The maximum Gasteiger partial charge on any atom is 0.254 e. The van der Waals surface area contributed by atoms with Crippen LogP contribution in [0.1, 0.15) is 47.9 Å². The van der Waals surface area contributed by atoms with Gasteiger partial charge in [-0.3, -0.25) is 9.59 Å². The van der Waals surface area contributed by atoms with E-state index >= 15 is 0 Å². The first kappa shape index (κ1) is 18.7. The van der Waals surface area contributed by atoms with E-state index in [-0.39, 0.29) is 11.8 Å². The van der Waals surface area contributed by atoms with E-state index in [1.807, 2.05) is 0 Å². The molecule has 1 aliphatic heterocycles. The van der Waals surface area contributed by atoms with Gasteiger partial charge >= 0.3 is 0 Å². The SMILES string of the molecule is Cc1nc([C@@H](C)NC(=O)[C@H]2CCCN2C(=O)c2cc(Cl)cc(Cl)c2)no1. The molecule has 26 heavy (non-hydrogen) atoms. The van der Waals surface area contributed by atoms with Crippen molar-refractivity contribution in [2.75, 3.05) is 6.54 Å². The van der Waals surface area contributed by atoms with E-state index in [1.54, 1.807) is 36.9 Å². The molecule has 2 heterocycles. The van der Waals surface area contributed by atoms with Crippen LogP contribution in [0.25, 0.3) is 0 Å². The van der Waals surface area contributed by atoms with Crippen LogP contribution >= 0.6 is 23.2 Å². The lowest BCUT2D eigenvalue weighted by Crippen LogP contribution is -2.46. The molecule has 3 rings (SSSR count). The number of likely N-dealkylation sites (tertiary alicyclic amines) is 1. The van der Waals surface area contributed by atoms with Crippen molar-refractivity contribution in [1.29, 1.82) is 0 Å². The lowest BCUT2D eigenvalue weighted by molar-refractivity contribution is -0.125. The molecule has 0 saturated carbocycles. The van der Waals surface area contributed by atoms with Crippen molar-refractivity contribution in [3.8, 4) is 0 Å². The van der Waals surface area contributed by atoms with Gasteiger partial charge in [-0.1, -0.05) is 28.4 Å². The molecule has 2 atom stereocenters. The fourth-order valence-corrected chi connectivity index (χ4v) is 3.52. The summed E-state index contributed by atoms with van der Waals surface area (Å²) >= 11 is 12.0. The van der Waals surface area contributed by atoms with Gasteiger partial charge in [-0.15, -0.1) is 0 Å². The summed E-state index contributed by atoms with van der Waals surface area (Å²) in [4.78, 5) is 31.1. The number of hydrogen-bond donors (Lipinski definition) is 1. The predicted molar refractivity (Wildman–Crippen MR) is 96.1 cm³/mol. The zero-order valence-corrected chi connectivity index (χ0v) is 15.8. The summed E-state index contributed by atoms with van der Waals surface area (Å²) in [5, 5.41) is 7.40. The molecule has 0 unspecified atom stereocenters. The second kappa shape index (κ2) is 7.63. The van der Waals surface area contributed by atoms with Crippen LogP contribution in [0.4, 0.5) is 0 Å². The minimum Gasteiger partial charge on any atom is -0.344 e. The Morgan fingerprint density at radius 3 is 2.62 bits per heavy atom. The summed E-state index contributed by atoms with van der Waals surface area (Å²) in [7, 11) is 0. The Bertz CT molecular complexity index is 819. The van der Waals surface area contributed by atoms with Gasteiger partial charge in [0.2, 0.25) is 11.8 Å². The van der Waals surface area contributed by atoms with Crippen LogP contribution < -0.4 is 5.32 Å². The molecular weight excluding hydrogens is 379 g/mol. The van der Waals surface area contributed by atoms with Gasteiger partial charge in [0.25, 0.3) is 5.91 Å². The van der Waals surface area contributed by atoms with E-state index in [2.05, 4.69) is 15.5 Å². The van der Waals surface area contributed by atoms with Crippen molar-refractivity contribution in [2.45, 2.75) is 38.8 Å². The molecule has 0 bridgehead atoms. The van der Waals surface area contributed by atoms with Gasteiger partial charge in [-0.25, -0.2) is 0 Å². The minimum absolute atomic E-state index is 0.251. The predicted octanol–water partition coefficient (Wildman–Crippen LogP) is 3.17. The zero-order chi connectivity index (χ0) is 18.8. The molecular formula is C17H18Cl2N4O3. The first-order valence-electron chi connectivity index (χ1n) is 8.23. The van der Waals surface area contributed by atoms with E-state index in [1.165, 1.54) is 0 Å². The molecule has 0 aliphatic carbocycles. The van der Waals surface area contributed by atoms with Crippen LogP contribution in [-0.2, 0) is 4.79 Å². The molecule has 1 fully saturated rings. The van der Waals surface area contributed by atoms with Crippen LogP contribution in [0.3, 0.4) is 0 Å². The molecule has 1 aromatic carbocycles. The number of nitrogens with zero attached hydrogens (tertiary/aromatic N) is 3. The smallest absolute Gasteiger partial charge is 0.254 e. The summed E-state index contributed by atoms with van der Waals surface area (Å²) in [6.45, 7) is 3.94. The Morgan fingerprint density at radius 1 is 1.31 bits per heavy atom. The van der Waals surface area contributed by atoms with Crippen LogP contribution in [0.2, 0.25) is 10.0 Å². The van der Waals surface area contributed by atoms with Crippen molar-refractivity contribution < 1.29 is 14.1 Å². The van der Waals surface area contributed by atoms with Crippen LogP contribution in [0, 0.1) is 6.92 Å². The molecule has 1 N–H and O–H groups in total. The van der Waals surface area contributed by atoms with Gasteiger partial charge in [0.05, 0.1) is 6.04 Å². The third kappa shape index (κ3) is 3.99. The van der Waals surface area contributed by atoms with Gasteiger partial charge < -0.3 is 14.7 Å². The van der Waals surface area contributed by atoms with Crippen molar-refractivity contribution in [3.63, 3.8) is 0 Å². The number of halogens is 2. The highest BCUT2D eigenvalue weighted by molar-refractivity contribution is 6.35. The number of carbonyl (C=O) groups is 2. The number of carbonyl (C=O) groups excluding carboxylic acids is 2. The molecule has 2 aromatic rings. The topological polar surface area (TPSA) is 88.3 Å². The average Bonchev–Trinajstić information content (AvgIpc) is 3.22. The van der Waals surface area contributed by atoms with Gasteiger partial charge in [0.1, 0.15) is 6.04 Å². The summed E-state index contributed by atoms with van der Waals surface area (Å²) in [5.41, 5.74) is 0.365. The summed E-state index contributed by atoms with van der Waals surface area (Å²) in [6, 6.07) is 3.68. The number of benzene rings is 1. The fraction of sp³-hybridized carbons (Fsp3) is 0.412. The maximum atomic E-state index is 12.8. The Morgan fingerprint density at radius 2 is 2.00 bits per heavy atom. The highest BCUT2D eigenvalue weighted by Crippen LogP contribution is 2.25. The molecule has 0 spiro atoms. The molecule has 0 radical (unpaired) electrons. The molecule has 2 amide bonds. The number of nitrogens with one attached hydrogen (secondary N) is 1. The second-order valence-electron chi connectivity index (χ2n) is 6.22. The minimum atomic E-state index is -0.560. The monoisotopic (exact) mass is 396 g/mol. The van der Waals surface area contributed by atoms with Gasteiger partial charge in [-0.2, -0.15) is 4.98 Å². The molecule has 1 saturated heterocycles. The summed E-state index contributed by atoms with van der Waals surface area (Å²) in [6.07, 6.45) is 1.33. The van der Waals surface area contributed by atoms with Crippen molar-refractivity contribution in [1.82, 2.24) is 20.4 Å². The third-order valence-corrected chi connectivity index (χ3v) is 4.65. The fourth-order valence-electron chi connectivity index (χ4n) is 2.99. The van der Waals surface area contributed by atoms with E-state index in [9.17, 15) is 9.59 Å². The Labute approximate surface area is 160 Å². The Hall–Kier alpha value is -2.12. The van der Waals surface area contributed by atoms with Crippen LogP contribution in [0.5, 0.6) is 0 Å². The standard InChI is InChI=1S/C17H18Cl2N4O3/c1-9(15-21-10(2)26-22-15)20-16(24)14-4-3-5-23(14)17(25)11-6-12(18)8-13(19)7-11/h6-9,14H,3-5H2,1-2H3,(H,20,24)/t9-,14-/m1/s1. The van der Waals surface area contributed by atoms with Gasteiger partial charge in [0, 0.05) is 29.1 Å². The first-order chi connectivity index (χ1) is 12.3. The largest absolute Gasteiger partial charge is 0.344 e. The highest BCUT2D eigenvalue weighted by atomic mass is 35.5. The summed E-state index contributed by atoms with van der Waals surface area (Å²) in [5.74, 6) is 0.305. The van der Waals surface area contributed by atoms with Crippen LogP contribution in [0.15, 0.2) is 22.7 Å². The molecule has 7 nitrogen and oxygen atoms in total. The van der Waals surface area contributed by atoms with Crippen molar-refractivity contribution in [3.05, 3.63) is 45.5 Å². The van der Waals surface area contributed by atoms with E-state index in [0.29, 0.717) is 40.3 Å². The summed E-state index contributed by atoms with van der Waals surface area (Å²) < 4.78 is 4.93. The maximum absolute atomic E-state index is 12.8. The van der Waals surface area contributed by atoms with E-state index in [4.69, 9.17) is 27.7 Å². The Balaban J connectivity index is 1.72. The van der Waals surface area contributed by atoms with Crippen molar-refractivity contribution in [2.24, 2.45) is 0 Å². The van der Waals surface area contributed by atoms with E-state index in [0.717, 1.165) is 6.42 Å². The first-order valence-corrected chi connectivity index (χ1v) is 8.98. The zero-order valence-electron chi connectivity index (χ0n) is 14.3. The van der Waals surface area contributed by atoms with Crippen molar-refractivity contribution >= 4 is 35.0 Å². The van der Waals surface area contributed by atoms with E-state index < -0.39 is 12.1 Å². The Kier molecular flexibility index (Phi) is 5.48. The molecule has 138 valence electrons. The van der Waals surface area contributed by atoms with Gasteiger partial charge in [-0.05, 0) is 38.0 Å². The quantitative estimate of drug-likeness (QED) is 0.856. The molecule has 1 aliphatic rings. The number of amides is 2. The highest BCUT2D eigenvalue weighted by Gasteiger charge is 2.35. The van der Waals surface area contributed by atoms with Crippen LogP contribution in [-0.4, -0.2) is 39.4 Å². The number of aromatic nitrogens is 2. The number of rotatable bonds is 4. The third-order valence-electron chi connectivity index (χ3n) is 4.22. The second-order valence-corrected chi connectivity index (χ2v) is 7.09. The lowest BCUT2D eigenvalue weighted by Gasteiger charge is -2.25. The lowest BCUT2D eigenvalue weighted by atomic mass is 10.1. The molecule has 9 heteroatoms. The van der Waals surface area contributed by atoms with Gasteiger partial charge in [0.15, 0.2) is 5.82 Å². The average molecular weight is 397 g/mol. The normalized spacial score (nSPS) is 18.0. The number of aryl methyl sites for hydroxylation is 1.